The molecule has 2 aromatic rings. The summed E-state index contributed by atoms with van der Waals surface area (Å²) < 4.78 is 10.5. The van der Waals surface area contributed by atoms with Crippen molar-refractivity contribution in [2.75, 3.05) is 33.4 Å². The highest BCUT2D eigenvalue weighted by atomic mass is 35.5. The third kappa shape index (κ3) is 6.20. The number of carbonyl (C=O) groups excluding carboxylic acids is 1. The summed E-state index contributed by atoms with van der Waals surface area (Å²) in [6.45, 7) is 5.02. The number of halogens is 1. The number of methoxy groups -OCH3 is 1. The van der Waals surface area contributed by atoms with Gasteiger partial charge in [0.2, 0.25) is 5.89 Å². The number of hydrogen-bond donors (Lipinski definition) is 2. The molecular formula is C19H27ClN4O3S. The zero-order valence-electron chi connectivity index (χ0n) is 16.2. The number of aryl methyl sites for hydroxylation is 1. The lowest BCUT2D eigenvalue weighted by molar-refractivity contribution is 0.0511. The number of carbonyl (C=O) groups is 1. The van der Waals surface area contributed by atoms with Gasteiger partial charge < -0.3 is 19.9 Å². The van der Waals surface area contributed by atoms with Crippen molar-refractivity contribution in [2.45, 2.75) is 30.4 Å². The van der Waals surface area contributed by atoms with Crippen molar-refractivity contribution in [3.63, 3.8) is 0 Å². The smallest absolute Gasteiger partial charge is 0.251 e. The first-order valence-corrected chi connectivity index (χ1v) is 10.1. The molecule has 0 bridgehead atoms. The standard InChI is InChI=1S/C19H26N4O3S.ClH/c1-14-22-17(26-23-14)11-27-16-5-3-15(4-6-16)18(24)21-12-19(13-25-2)7-9-20-10-8-19;/h3-6,20H,7-13H2,1-2H3,(H,21,24);1H. The van der Waals surface area contributed by atoms with Gasteiger partial charge in [-0.2, -0.15) is 4.98 Å². The van der Waals surface area contributed by atoms with Crippen LogP contribution in [-0.2, 0) is 10.5 Å². The maximum atomic E-state index is 12.5. The number of hydrogen-bond acceptors (Lipinski definition) is 7. The van der Waals surface area contributed by atoms with Gasteiger partial charge in [-0.25, -0.2) is 0 Å². The minimum Gasteiger partial charge on any atom is -0.384 e. The third-order valence-corrected chi connectivity index (χ3v) is 5.78. The summed E-state index contributed by atoms with van der Waals surface area (Å²) in [6, 6.07) is 7.58. The molecule has 1 amide bonds. The number of amides is 1. The Balaban J connectivity index is 0.00000280. The molecule has 0 atom stereocenters. The first kappa shape index (κ1) is 22.7. The molecule has 1 aromatic carbocycles. The molecule has 1 aliphatic heterocycles. The monoisotopic (exact) mass is 426 g/mol. The van der Waals surface area contributed by atoms with E-state index in [4.69, 9.17) is 9.26 Å². The number of nitrogens with zero attached hydrogens (tertiary/aromatic N) is 2. The van der Waals surface area contributed by atoms with Crippen molar-refractivity contribution >= 4 is 30.1 Å². The number of rotatable bonds is 8. The Morgan fingerprint density at radius 3 is 2.64 bits per heavy atom. The minimum atomic E-state index is -0.0481. The maximum absolute atomic E-state index is 12.5. The van der Waals surface area contributed by atoms with Crippen molar-refractivity contribution in [3.05, 3.63) is 41.5 Å². The molecule has 0 radical (unpaired) electrons. The molecule has 28 heavy (non-hydrogen) atoms. The molecule has 7 nitrogen and oxygen atoms in total. The fourth-order valence-corrected chi connectivity index (χ4v) is 3.99. The van der Waals surface area contributed by atoms with Crippen LogP contribution < -0.4 is 10.6 Å². The van der Waals surface area contributed by atoms with Crippen molar-refractivity contribution in [1.29, 1.82) is 0 Å². The highest BCUT2D eigenvalue weighted by Gasteiger charge is 2.32. The van der Waals surface area contributed by atoms with Gasteiger partial charge in [0.05, 0.1) is 12.4 Å². The molecule has 9 heteroatoms. The Hall–Kier alpha value is -1.61. The van der Waals surface area contributed by atoms with Gasteiger partial charge in [-0.1, -0.05) is 5.16 Å². The summed E-state index contributed by atoms with van der Waals surface area (Å²) in [7, 11) is 1.72. The Morgan fingerprint density at radius 2 is 2.04 bits per heavy atom. The van der Waals surface area contributed by atoms with E-state index in [-0.39, 0.29) is 23.7 Å². The lowest BCUT2D eigenvalue weighted by Crippen LogP contribution is -2.47. The summed E-state index contributed by atoms with van der Waals surface area (Å²) in [4.78, 5) is 17.8. The van der Waals surface area contributed by atoms with Crippen LogP contribution in [0.5, 0.6) is 0 Å². The molecule has 154 valence electrons. The van der Waals surface area contributed by atoms with Crippen LogP contribution in [0.1, 0.15) is 34.9 Å². The van der Waals surface area contributed by atoms with Crippen LogP contribution in [-0.4, -0.2) is 49.4 Å². The number of benzene rings is 1. The average molecular weight is 427 g/mol. The number of thioether (sulfide) groups is 1. The second-order valence-electron chi connectivity index (χ2n) is 6.91. The van der Waals surface area contributed by atoms with Crippen LogP contribution in [0.3, 0.4) is 0 Å². The van der Waals surface area contributed by atoms with Crippen molar-refractivity contribution < 1.29 is 14.1 Å². The normalized spacial score (nSPS) is 15.6. The molecule has 1 saturated heterocycles. The highest BCUT2D eigenvalue weighted by molar-refractivity contribution is 7.98. The lowest BCUT2D eigenvalue weighted by atomic mass is 9.79. The topological polar surface area (TPSA) is 89.3 Å². The average Bonchev–Trinajstić information content (AvgIpc) is 3.11. The Bertz CT molecular complexity index is 742. The van der Waals surface area contributed by atoms with Crippen LogP contribution in [0.4, 0.5) is 0 Å². The van der Waals surface area contributed by atoms with E-state index in [1.165, 1.54) is 0 Å². The molecule has 0 unspecified atom stereocenters. The molecule has 2 N–H and O–H groups in total. The zero-order valence-corrected chi connectivity index (χ0v) is 17.8. The van der Waals surface area contributed by atoms with Crippen LogP contribution in [0, 0.1) is 12.3 Å². The Morgan fingerprint density at radius 1 is 1.32 bits per heavy atom. The van der Waals surface area contributed by atoms with E-state index in [1.54, 1.807) is 25.8 Å². The van der Waals surface area contributed by atoms with E-state index in [0.717, 1.165) is 30.8 Å². The molecule has 2 heterocycles. The van der Waals surface area contributed by atoms with Crippen LogP contribution in [0.25, 0.3) is 0 Å². The summed E-state index contributed by atoms with van der Waals surface area (Å²) >= 11 is 1.60. The zero-order chi connectivity index (χ0) is 19.1. The van der Waals surface area contributed by atoms with Gasteiger partial charge in [-0.15, -0.1) is 24.2 Å². The predicted molar refractivity (Wildman–Crippen MR) is 111 cm³/mol. The molecule has 3 rings (SSSR count). The quantitative estimate of drug-likeness (QED) is 0.627. The van der Waals surface area contributed by atoms with Gasteiger partial charge in [0.15, 0.2) is 5.82 Å². The number of nitrogens with one attached hydrogen (secondary N) is 2. The van der Waals surface area contributed by atoms with E-state index >= 15 is 0 Å². The fourth-order valence-electron chi connectivity index (χ4n) is 3.25. The number of ether oxygens (including phenoxy) is 1. The van der Waals surface area contributed by atoms with Gasteiger partial charge in [-0.05, 0) is 57.1 Å². The largest absolute Gasteiger partial charge is 0.384 e. The molecule has 1 fully saturated rings. The SMILES string of the molecule is COCC1(CNC(=O)c2ccc(SCc3nc(C)no3)cc2)CCNCC1.Cl. The summed E-state index contributed by atoms with van der Waals surface area (Å²) in [5.41, 5.74) is 0.683. The second-order valence-corrected chi connectivity index (χ2v) is 7.96. The van der Waals surface area contributed by atoms with Crippen LogP contribution in [0.15, 0.2) is 33.7 Å². The van der Waals surface area contributed by atoms with Gasteiger partial charge in [0, 0.05) is 29.5 Å². The Kier molecular flexibility index (Phi) is 8.75. The van der Waals surface area contributed by atoms with E-state index in [1.807, 2.05) is 24.3 Å². The lowest BCUT2D eigenvalue weighted by Gasteiger charge is -2.37. The molecule has 1 aliphatic rings. The molecule has 0 aliphatic carbocycles. The fraction of sp³-hybridized carbons (Fsp3) is 0.526. The van der Waals surface area contributed by atoms with Gasteiger partial charge >= 0.3 is 0 Å². The second kappa shape index (κ2) is 10.8. The van der Waals surface area contributed by atoms with Gasteiger partial charge in [-0.3, -0.25) is 4.79 Å². The first-order valence-electron chi connectivity index (χ1n) is 9.10. The van der Waals surface area contributed by atoms with Gasteiger partial charge in [0.1, 0.15) is 0 Å². The van der Waals surface area contributed by atoms with E-state index in [0.29, 0.717) is 36.2 Å². The van der Waals surface area contributed by atoms with Crippen LogP contribution in [0.2, 0.25) is 0 Å². The first-order chi connectivity index (χ1) is 13.1. The number of piperidine rings is 1. The molecular weight excluding hydrogens is 400 g/mol. The molecule has 0 saturated carbocycles. The van der Waals surface area contributed by atoms with Crippen molar-refractivity contribution in [2.24, 2.45) is 5.41 Å². The van der Waals surface area contributed by atoms with Crippen LogP contribution >= 0.6 is 24.2 Å². The van der Waals surface area contributed by atoms with E-state index in [2.05, 4.69) is 20.8 Å². The van der Waals surface area contributed by atoms with E-state index in [9.17, 15) is 4.79 Å². The maximum Gasteiger partial charge on any atom is 0.251 e. The number of aromatic nitrogens is 2. The molecule has 1 aromatic heterocycles. The summed E-state index contributed by atoms with van der Waals surface area (Å²) in [6.07, 6.45) is 2.01. The predicted octanol–water partition coefficient (Wildman–Crippen LogP) is 2.84. The third-order valence-electron chi connectivity index (χ3n) is 4.79. The van der Waals surface area contributed by atoms with Crippen molar-refractivity contribution in [3.8, 4) is 0 Å². The van der Waals surface area contributed by atoms with E-state index < -0.39 is 0 Å². The van der Waals surface area contributed by atoms with Crippen molar-refractivity contribution in [1.82, 2.24) is 20.8 Å². The minimum absolute atomic E-state index is 0. The van der Waals surface area contributed by atoms with Gasteiger partial charge in [0.25, 0.3) is 5.91 Å². The molecule has 0 spiro atoms. The highest BCUT2D eigenvalue weighted by Crippen LogP contribution is 2.28. The summed E-state index contributed by atoms with van der Waals surface area (Å²) in [5.74, 6) is 1.80. The Labute approximate surface area is 175 Å². The summed E-state index contributed by atoms with van der Waals surface area (Å²) in [5, 5.41) is 10.2.